The van der Waals surface area contributed by atoms with E-state index in [1.165, 1.54) is 44.9 Å². The first-order valence-corrected chi connectivity index (χ1v) is 12.0. The Hall–Kier alpha value is -1.13. The van der Waals surface area contributed by atoms with Crippen LogP contribution in [0.1, 0.15) is 104 Å². The third-order valence-electron chi connectivity index (χ3n) is 5.09. The van der Waals surface area contributed by atoms with Crippen molar-refractivity contribution in [1.29, 1.82) is 0 Å². The molecule has 4 nitrogen and oxygen atoms in total. The topological polar surface area (TPSA) is 44.8 Å². The number of hydrogen-bond donors (Lipinski definition) is 0. The van der Waals surface area contributed by atoms with Gasteiger partial charge >= 0.3 is 5.97 Å². The van der Waals surface area contributed by atoms with Gasteiger partial charge < -0.3 is 14.2 Å². The molecule has 0 aromatic rings. The van der Waals surface area contributed by atoms with E-state index in [1.807, 2.05) is 0 Å². The molecule has 29 heavy (non-hydrogen) atoms. The maximum atomic E-state index is 11.9. The average Bonchev–Trinajstić information content (AvgIpc) is 2.72. The Morgan fingerprint density at radius 2 is 1.45 bits per heavy atom. The zero-order valence-corrected chi connectivity index (χ0v) is 18.9. The number of ether oxygens (including phenoxy) is 3. The summed E-state index contributed by atoms with van der Waals surface area (Å²) in [6.45, 7) is 5.26. The summed E-state index contributed by atoms with van der Waals surface area (Å²) in [5.74, 6) is -0.123. The van der Waals surface area contributed by atoms with Gasteiger partial charge in [0.05, 0.1) is 13.2 Å². The molecule has 1 saturated heterocycles. The summed E-state index contributed by atoms with van der Waals surface area (Å²) in [5, 5.41) is 0. The lowest BCUT2D eigenvalue weighted by atomic mass is 10.1. The maximum Gasteiger partial charge on any atom is 0.306 e. The number of allylic oxidation sites excluding steroid dienone is 4. The second-order valence-corrected chi connectivity index (χ2v) is 7.98. The molecule has 1 rings (SSSR count). The molecule has 1 fully saturated rings. The quantitative estimate of drug-likeness (QED) is 0.149. The zero-order chi connectivity index (χ0) is 21.0. The van der Waals surface area contributed by atoms with Crippen molar-refractivity contribution < 1.29 is 19.0 Å². The normalized spacial score (nSPS) is 19.9. The summed E-state index contributed by atoms with van der Waals surface area (Å²) >= 11 is 0. The molecule has 0 N–H and O–H groups in total. The van der Waals surface area contributed by atoms with Gasteiger partial charge in [-0.3, -0.25) is 4.79 Å². The van der Waals surface area contributed by atoms with E-state index in [0.29, 0.717) is 19.6 Å². The summed E-state index contributed by atoms with van der Waals surface area (Å²) in [6, 6.07) is 0. The third-order valence-corrected chi connectivity index (χ3v) is 5.09. The first-order valence-electron chi connectivity index (χ1n) is 12.0. The molecule has 0 unspecified atom stereocenters. The van der Waals surface area contributed by atoms with Crippen molar-refractivity contribution in [2.45, 2.75) is 116 Å². The molecule has 0 amide bonds. The van der Waals surface area contributed by atoms with Gasteiger partial charge in [-0.15, -0.1) is 0 Å². The maximum absolute atomic E-state index is 11.9. The molecule has 0 bridgehead atoms. The Labute approximate surface area is 179 Å². The van der Waals surface area contributed by atoms with Crippen LogP contribution in [0.2, 0.25) is 0 Å². The second-order valence-electron chi connectivity index (χ2n) is 7.98. The standard InChI is InChI=1S/C25H44O4/c1-3-5-6-7-8-9-10-11-12-13-14-15-16-17-18-20-24(26)29-23-21-27-25(19-4-2)28-22-23/h8-9,11-12,23,25H,3-7,10,13-22H2,1-2H3/b9-8+,12-11+. The highest BCUT2D eigenvalue weighted by Crippen LogP contribution is 2.14. The molecular weight excluding hydrogens is 364 g/mol. The van der Waals surface area contributed by atoms with Crippen LogP contribution in [0.25, 0.3) is 0 Å². The first kappa shape index (κ1) is 25.9. The van der Waals surface area contributed by atoms with E-state index in [-0.39, 0.29) is 18.4 Å². The summed E-state index contributed by atoms with van der Waals surface area (Å²) in [4.78, 5) is 11.9. The van der Waals surface area contributed by atoms with Gasteiger partial charge in [0.25, 0.3) is 0 Å². The highest BCUT2D eigenvalue weighted by atomic mass is 16.7. The van der Waals surface area contributed by atoms with E-state index in [2.05, 4.69) is 38.2 Å². The third kappa shape index (κ3) is 15.4. The van der Waals surface area contributed by atoms with Gasteiger partial charge in [-0.25, -0.2) is 0 Å². The molecule has 0 spiro atoms. The molecule has 0 atom stereocenters. The molecule has 1 aliphatic rings. The van der Waals surface area contributed by atoms with Crippen LogP contribution < -0.4 is 0 Å². The highest BCUT2D eigenvalue weighted by molar-refractivity contribution is 5.69. The minimum Gasteiger partial charge on any atom is -0.457 e. The predicted molar refractivity (Wildman–Crippen MR) is 120 cm³/mol. The Bertz CT molecular complexity index is 436. The number of esters is 1. The van der Waals surface area contributed by atoms with E-state index in [1.54, 1.807) is 0 Å². The molecule has 1 aliphatic heterocycles. The molecule has 0 aromatic heterocycles. The Morgan fingerprint density at radius 3 is 2.10 bits per heavy atom. The van der Waals surface area contributed by atoms with Gasteiger partial charge in [0.1, 0.15) is 6.10 Å². The molecule has 1 heterocycles. The fourth-order valence-electron chi connectivity index (χ4n) is 3.32. The van der Waals surface area contributed by atoms with Gasteiger partial charge in [-0.2, -0.15) is 0 Å². The summed E-state index contributed by atoms with van der Waals surface area (Å²) in [7, 11) is 0. The van der Waals surface area contributed by atoms with Gasteiger partial charge in [-0.1, -0.05) is 76.7 Å². The number of carbonyl (C=O) groups is 1. The summed E-state index contributed by atoms with van der Waals surface area (Å²) < 4.78 is 16.5. The van der Waals surface area contributed by atoms with Crippen LogP contribution in [0.5, 0.6) is 0 Å². The van der Waals surface area contributed by atoms with Crippen LogP contribution in [0.3, 0.4) is 0 Å². The highest BCUT2D eigenvalue weighted by Gasteiger charge is 2.24. The van der Waals surface area contributed by atoms with Crippen molar-refractivity contribution in [3.8, 4) is 0 Å². The Balaban J connectivity index is 1.87. The minimum absolute atomic E-state index is 0.123. The molecule has 4 heteroatoms. The molecule has 0 aromatic carbocycles. The van der Waals surface area contributed by atoms with Crippen LogP contribution >= 0.6 is 0 Å². The van der Waals surface area contributed by atoms with E-state index >= 15 is 0 Å². The predicted octanol–water partition coefficient (Wildman–Crippen LogP) is 6.88. The lowest BCUT2D eigenvalue weighted by Gasteiger charge is -2.28. The second kappa shape index (κ2) is 18.9. The van der Waals surface area contributed by atoms with E-state index in [0.717, 1.165) is 38.5 Å². The largest absolute Gasteiger partial charge is 0.457 e. The smallest absolute Gasteiger partial charge is 0.306 e. The molecular formula is C25H44O4. The molecule has 0 aliphatic carbocycles. The summed E-state index contributed by atoms with van der Waals surface area (Å²) in [5.41, 5.74) is 0. The molecule has 168 valence electrons. The number of carbonyl (C=O) groups excluding carboxylic acids is 1. The monoisotopic (exact) mass is 408 g/mol. The fraction of sp³-hybridized carbons (Fsp3) is 0.800. The van der Waals surface area contributed by atoms with Crippen molar-refractivity contribution in [3.05, 3.63) is 24.3 Å². The zero-order valence-electron chi connectivity index (χ0n) is 18.9. The van der Waals surface area contributed by atoms with Gasteiger partial charge in [-0.05, 0) is 44.9 Å². The van der Waals surface area contributed by atoms with E-state index < -0.39 is 0 Å². The van der Waals surface area contributed by atoms with Crippen LogP contribution in [0.4, 0.5) is 0 Å². The van der Waals surface area contributed by atoms with E-state index in [9.17, 15) is 4.79 Å². The minimum atomic E-state index is -0.242. The van der Waals surface area contributed by atoms with Crippen molar-refractivity contribution in [2.75, 3.05) is 13.2 Å². The first-order chi connectivity index (χ1) is 14.3. The lowest BCUT2D eigenvalue weighted by molar-refractivity contribution is -0.227. The number of rotatable bonds is 17. The van der Waals surface area contributed by atoms with Crippen molar-refractivity contribution in [2.24, 2.45) is 0 Å². The molecule has 0 radical (unpaired) electrons. The van der Waals surface area contributed by atoms with Crippen molar-refractivity contribution in [3.63, 3.8) is 0 Å². The van der Waals surface area contributed by atoms with E-state index in [4.69, 9.17) is 14.2 Å². The molecule has 0 saturated carbocycles. The van der Waals surface area contributed by atoms with Crippen LogP contribution in [0.15, 0.2) is 24.3 Å². The van der Waals surface area contributed by atoms with Crippen LogP contribution in [-0.4, -0.2) is 31.6 Å². The van der Waals surface area contributed by atoms with Crippen molar-refractivity contribution >= 4 is 5.97 Å². The van der Waals surface area contributed by atoms with Crippen LogP contribution in [0, 0.1) is 0 Å². The lowest BCUT2D eigenvalue weighted by Crippen LogP contribution is -2.38. The Kier molecular flexibility index (Phi) is 16.9. The van der Waals surface area contributed by atoms with Gasteiger partial charge in [0, 0.05) is 6.42 Å². The van der Waals surface area contributed by atoms with Gasteiger partial charge in [0.2, 0.25) is 0 Å². The van der Waals surface area contributed by atoms with Gasteiger partial charge in [0.15, 0.2) is 6.29 Å². The average molecular weight is 409 g/mol. The SMILES string of the molecule is CCCCC/C=C/C/C=C/CCCCCCCC(=O)OC1COC(CCC)OC1. The van der Waals surface area contributed by atoms with Crippen molar-refractivity contribution in [1.82, 2.24) is 0 Å². The Morgan fingerprint density at radius 1 is 0.828 bits per heavy atom. The number of unbranched alkanes of at least 4 members (excludes halogenated alkanes) is 8. The number of hydrogen-bond acceptors (Lipinski definition) is 4. The summed E-state index contributed by atoms with van der Waals surface area (Å²) in [6.07, 6.45) is 24.3. The van der Waals surface area contributed by atoms with Crippen LogP contribution in [-0.2, 0) is 19.0 Å². The fourth-order valence-corrected chi connectivity index (χ4v) is 3.32.